The molecule has 106 valence electrons. The molecule has 0 aliphatic heterocycles. The van der Waals surface area contributed by atoms with Gasteiger partial charge in [-0.15, -0.1) is 0 Å². The predicted octanol–water partition coefficient (Wildman–Crippen LogP) is 2.72. The maximum absolute atomic E-state index is 11.5. The number of amides is 1. The van der Waals surface area contributed by atoms with Crippen LogP contribution in [0.4, 0.5) is 5.69 Å². The Morgan fingerprint density at radius 1 is 1.42 bits per heavy atom. The van der Waals surface area contributed by atoms with Crippen LogP contribution in [0.25, 0.3) is 0 Å². The first-order valence-corrected chi connectivity index (χ1v) is 6.44. The lowest BCUT2D eigenvalue weighted by atomic mass is 10.3. The number of nitrogens with zero attached hydrogens (tertiary/aromatic N) is 1. The minimum absolute atomic E-state index is 0.393. The summed E-state index contributed by atoms with van der Waals surface area (Å²) in [6.45, 7) is 2.65. The Morgan fingerprint density at radius 3 is 2.63 bits per heavy atom. The lowest BCUT2D eigenvalue weighted by molar-refractivity contribution is -0.115. The fourth-order valence-electron chi connectivity index (χ4n) is 1.21. The highest BCUT2D eigenvalue weighted by Crippen LogP contribution is 2.28. The maximum atomic E-state index is 11.5. The number of nitrogens with one attached hydrogen (secondary N) is 1. The topological polar surface area (TPSA) is 60.5 Å². The third kappa shape index (κ3) is 5.40. The number of anilines is 1. The molecule has 0 aliphatic carbocycles. The molecule has 0 unspecified atom stereocenters. The van der Waals surface area contributed by atoms with Crippen LogP contribution in [0.15, 0.2) is 12.3 Å². The molecule has 0 atom stereocenters. The molecule has 8 heteroatoms. The lowest BCUT2D eigenvalue weighted by Gasteiger charge is -2.13. The number of pyridine rings is 1. The van der Waals surface area contributed by atoms with Crippen molar-refractivity contribution in [2.45, 2.75) is 10.7 Å². The predicted molar refractivity (Wildman–Crippen MR) is 75.3 cm³/mol. The third-order valence-electron chi connectivity index (χ3n) is 2.07. The van der Waals surface area contributed by atoms with E-state index < -0.39 is 9.70 Å². The van der Waals surface area contributed by atoms with Crippen molar-refractivity contribution >= 4 is 46.4 Å². The summed E-state index contributed by atoms with van der Waals surface area (Å²) in [4.78, 5) is 15.5. The number of hydrogen-bond donors (Lipinski definition) is 1. The Balaban J connectivity index is 2.69. The van der Waals surface area contributed by atoms with E-state index in [0.29, 0.717) is 24.8 Å². The van der Waals surface area contributed by atoms with Crippen LogP contribution in [0.2, 0.25) is 0 Å². The van der Waals surface area contributed by atoms with Crippen LogP contribution < -0.4 is 10.1 Å². The second-order valence-electron chi connectivity index (χ2n) is 3.64. The van der Waals surface area contributed by atoms with E-state index in [9.17, 15) is 4.79 Å². The van der Waals surface area contributed by atoms with Gasteiger partial charge in [0.25, 0.3) is 9.70 Å². The summed E-state index contributed by atoms with van der Waals surface area (Å²) in [5.74, 6) is -0.282. The summed E-state index contributed by atoms with van der Waals surface area (Å²) in [5.41, 5.74) is 1.17. The van der Waals surface area contributed by atoms with Crippen molar-refractivity contribution in [3.8, 4) is 5.88 Å². The highest BCUT2D eigenvalue weighted by atomic mass is 35.6. The minimum atomic E-state index is -2.01. The number of hydrogen-bond acceptors (Lipinski definition) is 4. The van der Waals surface area contributed by atoms with Gasteiger partial charge in [-0.25, -0.2) is 4.98 Å². The summed E-state index contributed by atoms with van der Waals surface area (Å²) in [5, 5.41) is 2.44. The van der Waals surface area contributed by atoms with Gasteiger partial charge in [0.1, 0.15) is 6.61 Å². The van der Waals surface area contributed by atoms with E-state index in [1.807, 2.05) is 0 Å². The Labute approximate surface area is 126 Å². The number of alkyl halides is 3. The van der Waals surface area contributed by atoms with E-state index in [1.165, 1.54) is 6.20 Å². The molecular weight excluding hydrogens is 314 g/mol. The van der Waals surface area contributed by atoms with Crippen molar-refractivity contribution in [1.29, 1.82) is 0 Å². The van der Waals surface area contributed by atoms with Crippen molar-refractivity contribution in [1.82, 2.24) is 4.98 Å². The van der Waals surface area contributed by atoms with E-state index in [4.69, 9.17) is 44.3 Å². The molecule has 1 heterocycles. The Morgan fingerprint density at radius 2 is 2.11 bits per heavy atom. The molecule has 0 aromatic carbocycles. The summed E-state index contributed by atoms with van der Waals surface area (Å²) in [6, 6.07) is 1.67. The average Bonchev–Trinajstić information content (AvgIpc) is 2.31. The quantitative estimate of drug-likeness (QED) is 0.667. The number of carbonyl (C=O) groups is 1. The number of aryl methyl sites for hydroxylation is 1. The zero-order chi connectivity index (χ0) is 14.5. The SMILES string of the molecule is COCCOc1ncc(NC(=O)C(Cl)(Cl)Cl)cc1C. The fourth-order valence-corrected chi connectivity index (χ4v) is 1.35. The van der Waals surface area contributed by atoms with Crippen LogP contribution in [-0.4, -0.2) is 35.0 Å². The number of ether oxygens (including phenoxy) is 2. The minimum Gasteiger partial charge on any atom is -0.475 e. The van der Waals surface area contributed by atoms with Gasteiger partial charge in [0.05, 0.1) is 18.5 Å². The summed E-state index contributed by atoms with van der Waals surface area (Å²) in [6.07, 6.45) is 1.42. The molecule has 0 saturated heterocycles. The van der Waals surface area contributed by atoms with E-state index in [0.717, 1.165) is 5.56 Å². The van der Waals surface area contributed by atoms with Gasteiger partial charge in [-0.05, 0) is 13.0 Å². The first-order valence-electron chi connectivity index (χ1n) is 5.31. The Bertz CT molecular complexity index is 449. The zero-order valence-corrected chi connectivity index (χ0v) is 12.6. The van der Waals surface area contributed by atoms with Crippen LogP contribution in [-0.2, 0) is 9.53 Å². The highest BCUT2D eigenvalue weighted by Gasteiger charge is 2.30. The molecule has 0 fully saturated rings. The highest BCUT2D eigenvalue weighted by molar-refractivity contribution is 6.76. The second-order valence-corrected chi connectivity index (χ2v) is 5.92. The van der Waals surface area contributed by atoms with Crippen LogP contribution in [0.1, 0.15) is 5.56 Å². The molecule has 0 spiro atoms. The van der Waals surface area contributed by atoms with Gasteiger partial charge < -0.3 is 14.8 Å². The van der Waals surface area contributed by atoms with Gasteiger partial charge in [0.2, 0.25) is 5.88 Å². The van der Waals surface area contributed by atoms with Crippen LogP contribution in [0.3, 0.4) is 0 Å². The first kappa shape index (κ1) is 16.3. The monoisotopic (exact) mass is 326 g/mol. The molecule has 1 rings (SSSR count). The molecule has 1 N–H and O–H groups in total. The lowest BCUT2D eigenvalue weighted by Crippen LogP contribution is -2.27. The molecule has 0 radical (unpaired) electrons. The first-order chi connectivity index (χ1) is 8.84. The summed E-state index contributed by atoms with van der Waals surface area (Å²) in [7, 11) is 1.58. The fraction of sp³-hybridized carbons (Fsp3) is 0.455. The standard InChI is InChI=1S/C11H13Cl3N2O3/c1-7-5-8(16-10(17)11(12,13)14)6-15-9(7)19-4-3-18-2/h5-6H,3-4H2,1-2H3,(H,16,17). The Hall–Kier alpha value is -0.750. The van der Waals surface area contributed by atoms with Crippen LogP contribution in [0.5, 0.6) is 5.88 Å². The number of rotatable bonds is 5. The molecule has 0 bridgehead atoms. The van der Waals surface area contributed by atoms with Crippen molar-refractivity contribution < 1.29 is 14.3 Å². The van der Waals surface area contributed by atoms with E-state index in [1.54, 1.807) is 20.1 Å². The van der Waals surface area contributed by atoms with Crippen molar-refractivity contribution in [3.63, 3.8) is 0 Å². The van der Waals surface area contributed by atoms with Crippen LogP contribution >= 0.6 is 34.8 Å². The largest absolute Gasteiger partial charge is 0.475 e. The van der Waals surface area contributed by atoms with Gasteiger partial charge in [-0.3, -0.25) is 4.79 Å². The molecule has 1 aromatic rings. The normalized spacial score (nSPS) is 11.2. The van der Waals surface area contributed by atoms with E-state index in [-0.39, 0.29) is 0 Å². The van der Waals surface area contributed by atoms with E-state index in [2.05, 4.69) is 10.3 Å². The molecular formula is C11H13Cl3N2O3. The van der Waals surface area contributed by atoms with Crippen molar-refractivity contribution in [2.24, 2.45) is 0 Å². The number of carbonyl (C=O) groups excluding carboxylic acids is 1. The average molecular weight is 328 g/mol. The van der Waals surface area contributed by atoms with Gasteiger partial charge >= 0.3 is 0 Å². The second kappa shape index (κ2) is 7.14. The Kier molecular flexibility index (Phi) is 6.13. The molecule has 19 heavy (non-hydrogen) atoms. The van der Waals surface area contributed by atoms with Gasteiger partial charge in [0.15, 0.2) is 0 Å². The van der Waals surface area contributed by atoms with Crippen molar-refractivity contribution in [2.75, 3.05) is 25.6 Å². The number of methoxy groups -OCH3 is 1. The summed E-state index contributed by atoms with van der Waals surface area (Å²) < 4.78 is 8.23. The molecule has 1 aromatic heterocycles. The number of halogens is 3. The number of aromatic nitrogens is 1. The van der Waals surface area contributed by atoms with Gasteiger partial charge in [0, 0.05) is 12.7 Å². The van der Waals surface area contributed by atoms with E-state index >= 15 is 0 Å². The van der Waals surface area contributed by atoms with Crippen molar-refractivity contribution in [3.05, 3.63) is 17.8 Å². The third-order valence-corrected chi connectivity index (χ3v) is 2.59. The molecule has 0 aliphatic rings. The smallest absolute Gasteiger partial charge is 0.276 e. The van der Waals surface area contributed by atoms with Gasteiger partial charge in [-0.1, -0.05) is 34.8 Å². The maximum Gasteiger partial charge on any atom is 0.276 e. The zero-order valence-electron chi connectivity index (χ0n) is 10.4. The molecule has 1 amide bonds. The molecule has 5 nitrogen and oxygen atoms in total. The van der Waals surface area contributed by atoms with Gasteiger partial charge in [-0.2, -0.15) is 0 Å². The van der Waals surface area contributed by atoms with Crippen LogP contribution in [0, 0.1) is 6.92 Å². The molecule has 0 saturated carbocycles. The summed E-state index contributed by atoms with van der Waals surface area (Å²) >= 11 is 16.3.